The third-order valence-corrected chi connectivity index (χ3v) is 6.77. The lowest BCUT2D eigenvalue weighted by Gasteiger charge is -2.13. The molecule has 3 aromatic carbocycles. The molecule has 2 N–H and O–H groups in total. The Kier molecular flexibility index (Phi) is 8.93. The van der Waals surface area contributed by atoms with Gasteiger partial charge < -0.3 is 19.4 Å². The summed E-state index contributed by atoms with van der Waals surface area (Å²) >= 11 is 0. The number of methoxy groups -OCH3 is 1. The van der Waals surface area contributed by atoms with Crippen molar-refractivity contribution in [1.29, 1.82) is 0 Å². The van der Waals surface area contributed by atoms with Crippen molar-refractivity contribution >= 4 is 22.6 Å². The smallest absolute Gasteiger partial charge is 0.278 e. The number of fused-ring (bicyclic) bond motifs is 1. The number of hydroxylamine groups is 1. The molecule has 0 radical (unpaired) electrons. The molecular formula is C32H32FN5O4. The number of ether oxygens (including phenoxy) is 2. The number of carbonyl (C=O) groups excluding carboxylic acids is 1. The zero-order chi connectivity index (χ0) is 29.5. The molecule has 10 heteroatoms. The fourth-order valence-electron chi connectivity index (χ4n) is 4.77. The van der Waals surface area contributed by atoms with Gasteiger partial charge in [0.05, 0.1) is 37.1 Å². The number of nitrogens with zero attached hydrogens (tertiary/aromatic N) is 3. The van der Waals surface area contributed by atoms with Crippen LogP contribution < -0.4 is 20.3 Å². The van der Waals surface area contributed by atoms with E-state index in [0.29, 0.717) is 53.8 Å². The van der Waals surface area contributed by atoms with Crippen molar-refractivity contribution in [2.75, 3.05) is 25.6 Å². The maximum Gasteiger partial charge on any atom is 0.278 e. The largest absolute Gasteiger partial charge is 0.496 e. The summed E-state index contributed by atoms with van der Waals surface area (Å²) in [6.07, 6.45) is 1.47. The topological polar surface area (TPSA) is 99.5 Å². The quantitative estimate of drug-likeness (QED) is 0.180. The second-order valence-corrected chi connectivity index (χ2v) is 9.51. The van der Waals surface area contributed by atoms with Crippen molar-refractivity contribution in [3.63, 3.8) is 0 Å². The lowest BCUT2D eigenvalue weighted by atomic mass is 10.1. The predicted molar refractivity (Wildman–Crippen MR) is 159 cm³/mol. The minimum atomic E-state index is -0.409. The van der Waals surface area contributed by atoms with Gasteiger partial charge in [-0.15, -0.1) is 0 Å². The monoisotopic (exact) mass is 569 g/mol. The summed E-state index contributed by atoms with van der Waals surface area (Å²) in [4.78, 5) is 27.0. The lowest BCUT2D eigenvalue weighted by molar-refractivity contribution is 0.0231. The normalized spacial score (nSPS) is 11.0. The zero-order valence-electron chi connectivity index (χ0n) is 23.7. The molecule has 0 spiro atoms. The van der Waals surface area contributed by atoms with Gasteiger partial charge in [0, 0.05) is 35.8 Å². The Labute approximate surface area is 243 Å². The molecule has 0 saturated carbocycles. The molecule has 0 unspecified atom stereocenters. The first-order valence-electron chi connectivity index (χ1n) is 13.6. The van der Waals surface area contributed by atoms with Crippen LogP contribution >= 0.6 is 0 Å². The van der Waals surface area contributed by atoms with Gasteiger partial charge in [-0.05, 0) is 49.7 Å². The van der Waals surface area contributed by atoms with Crippen LogP contribution in [0.15, 0.2) is 79.1 Å². The van der Waals surface area contributed by atoms with E-state index in [0.717, 1.165) is 22.2 Å². The summed E-state index contributed by atoms with van der Waals surface area (Å²) < 4.78 is 27.8. The number of nitrogens with one attached hydrogen (secondary N) is 2. The van der Waals surface area contributed by atoms with Crippen LogP contribution in [-0.2, 0) is 18.0 Å². The minimum absolute atomic E-state index is 0.245. The van der Waals surface area contributed by atoms with Crippen LogP contribution in [0.1, 0.15) is 28.5 Å². The first-order chi connectivity index (χ1) is 20.5. The van der Waals surface area contributed by atoms with Crippen LogP contribution in [0.3, 0.4) is 0 Å². The maximum absolute atomic E-state index is 14.7. The van der Waals surface area contributed by atoms with Crippen molar-refractivity contribution < 1.29 is 23.5 Å². The summed E-state index contributed by atoms with van der Waals surface area (Å²) in [5.74, 6) is 0.954. The molecule has 0 aliphatic rings. The first-order valence-corrected chi connectivity index (χ1v) is 13.6. The highest BCUT2D eigenvalue weighted by Gasteiger charge is 2.16. The van der Waals surface area contributed by atoms with E-state index in [9.17, 15) is 9.18 Å². The van der Waals surface area contributed by atoms with Crippen LogP contribution in [0.25, 0.3) is 22.2 Å². The molecule has 0 bridgehead atoms. The summed E-state index contributed by atoms with van der Waals surface area (Å²) in [6, 6.07) is 21.6. The van der Waals surface area contributed by atoms with Crippen molar-refractivity contribution in [3.8, 4) is 22.8 Å². The fourth-order valence-corrected chi connectivity index (χ4v) is 4.77. The van der Waals surface area contributed by atoms with E-state index < -0.39 is 5.91 Å². The minimum Gasteiger partial charge on any atom is -0.496 e. The Morgan fingerprint density at radius 3 is 2.62 bits per heavy atom. The number of aromatic nitrogens is 3. The molecule has 42 heavy (non-hydrogen) atoms. The van der Waals surface area contributed by atoms with Gasteiger partial charge in [-0.2, -0.15) is 0 Å². The number of hydrogen-bond acceptors (Lipinski definition) is 7. The molecule has 0 fully saturated rings. The summed E-state index contributed by atoms with van der Waals surface area (Å²) in [5, 5.41) is 4.04. The molecular weight excluding hydrogens is 537 g/mol. The highest BCUT2D eigenvalue weighted by atomic mass is 19.1. The second kappa shape index (κ2) is 13.1. The molecule has 216 valence electrons. The number of benzene rings is 3. The molecule has 2 aromatic heterocycles. The molecule has 5 aromatic rings. The van der Waals surface area contributed by atoms with Gasteiger partial charge in [0.25, 0.3) is 5.91 Å². The highest BCUT2D eigenvalue weighted by molar-refractivity contribution is 5.97. The third kappa shape index (κ3) is 6.34. The number of aryl methyl sites for hydroxylation is 1. The van der Waals surface area contributed by atoms with Crippen LogP contribution in [0.5, 0.6) is 11.5 Å². The Balaban J connectivity index is 1.27. The first kappa shape index (κ1) is 28.6. The number of halogens is 1. The van der Waals surface area contributed by atoms with Crippen molar-refractivity contribution in [1.82, 2.24) is 20.0 Å². The third-order valence-electron chi connectivity index (χ3n) is 6.77. The average molecular weight is 570 g/mol. The number of anilines is 1. The Morgan fingerprint density at radius 2 is 1.83 bits per heavy atom. The average Bonchev–Trinajstić information content (AvgIpc) is 3.34. The van der Waals surface area contributed by atoms with Crippen LogP contribution in [-0.4, -0.2) is 40.7 Å². The van der Waals surface area contributed by atoms with E-state index in [1.807, 2.05) is 60.9 Å². The van der Waals surface area contributed by atoms with Gasteiger partial charge in [-0.3, -0.25) is 9.63 Å². The van der Waals surface area contributed by atoms with Gasteiger partial charge >= 0.3 is 0 Å². The molecule has 1 amide bonds. The number of amides is 1. The Hall–Kier alpha value is -4.96. The zero-order valence-corrected chi connectivity index (χ0v) is 23.7. The lowest BCUT2D eigenvalue weighted by Crippen LogP contribution is -2.24. The van der Waals surface area contributed by atoms with Crippen molar-refractivity contribution in [2.45, 2.75) is 27.0 Å². The molecule has 0 atom stereocenters. The van der Waals surface area contributed by atoms with Crippen LogP contribution in [0.2, 0.25) is 0 Å². The Morgan fingerprint density at radius 1 is 1.00 bits per heavy atom. The molecule has 0 aliphatic carbocycles. The van der Waals surface area contributed by atoms with Gasteiger partial charge in [-0.25, -0.2) is 19.8 Å². The second-order valence-electron chi connectivity index (χ2n) is 9.51. The molecule has 0 saturated heterocycles. The van der Waals surface area contributed by atoms with Gasteiger partial charge in [0.15, 0.2) is 0 Å². The molecule has 2 heterocycles. The van der Waals surface area contributed by atoms with E-state index in [1.165, 1.54) is 12.4 Å². The molecule has 0 aliphatic heterocycles. The highest BCUT2D eigenvalue weighted by Crippen LogP contribution is 2.31. The predicted octanol–water partition coefficient (Wildman–Crippen LogP) is 5.93. The molecule has 5 rings (SSSR count). The SMILES string of the molecule is CCOc1cc(-c2cc(NCCn3c(C)cc4c(OC)ccc(F)c43)ncn2)ccc1C(=O)NOCc1ccccc1. The van der Waals surface area contributed by atoms with Crippen LogP contribution in [0.4, 0.5) is 10.2 Å². The van der Waals surface area contributed by atoms with Crippen molar-refractivity contribution in [3.05, 3.63) is 102 Å². The van der Waals surface area contributed by atoms with Gasteiger partial charge in [-0.1, -0.05) is 36.4 Å². The maximum atomic E-state index is 14.7. The van der Waals surface area contributed by atoms with E-state index in [2.05, 4.69) is 20.8 Å². The Bertz CT molecular complexity index is 1690. The fraction of sp³-hybridized carbons (Fsp3) is 0.219. The number of carbonyl (C=O) groups is 1. The van der Waals surface area contributed by atoms with Crippen molar-refractivity contribution in [2.24, 2.45) is 0 Å². The number of hydrogen-bond donors (Lipinski definition) is 2. The number of rotatable bonds is 12. The van der Waals surface area contributed by atoms with E-state index in [1.54, 1.807) is 31.4 Å². The standard InChI is InChI=1S/C32H32FN5O4/c1-4-41-29-17-23(10-11-24(29)32(39)37-42-19-22-8-6-5-7-9-22)27-18-30(36-20-35-27)34-14-15-38-21(2)16-25-28(40-3)13-12-26(33)31(25)38/h5-13,16-18,20H,4,14-15,19H2,1-3H3,(H,37,39)(H,34,35,36). The van der Waals surface area contributed by atoms with E-state index in [4.69, 9.17) is 14.3 Å². The van der Waals surface area contributed by atoms with Gasteiger partial charge in [0.1, 0.15) is 29.5 Å². The summed E-state index contributed by atoms with van der Waals surface area (Å²) in [7, 11) is 1.58. The van der Waals surface area contributed by atoms with E-state index in [-0.39, 0.29) is 12.4 Å². The molecule has 9 nitrogen and oxygen atoms in total. The summed E-state index contributed by atoms with van der Waals surface area (Å²) in [5.41, 5.74) is 6.62. The summed E-state index contributed by atoms with van der Waals surface area (Å²) in [6.45, 7) is 5.44. The van der Waals surface area contributed by atoms with E-state index >= 15 is 0 Å². The van der Waals surface area contributed by atoms with Crippen LogP contribution in [0, 0.1) is 12.7 Å². The van der Waals surface area contributed by atoms with Gasteiger partial charge in [0.2, 0.25) is 0 Å².